The number of nitrogen functional groups attached to an aromatic ring is 1. The van der Waals surface area contributed by atoms with Crippen molar-refractivity contribution in [1.82, 2.24) is 14.3 Å². The molecule has 0 fully saturated rings. The Balaban J connectivity index is 1.88. The molecular formula is C11H13N5O2S2. The van der Waals surface area contributed by atoms with E-state index in [-0.39, 0.29) is 10.8 Å². The van der Waals surface area contributed by atoms with Crippen molar-refractivity contribution in [3.05, 3.63) is 34.3 Å². The summed E-state index contributed by atoms with van der Waals surface area (Å²) in [5.41, 5.74) is 3.34. The van der Waals surface area contributed by atoms with Crippen LogP contribution in [0.15, 0.2) is 28.7 Å². The van der Waals surface area contributed by atoms with Crippen molar-refractivity contribution < 1.29 is 8.42 Å². The number of rotatable bonds is 3. The van der Waals surface area contributed by atoms with Crippen LogP contribution in [0, 0.1) is 0 Å². The zero-order valence-electron chi connectivity index (χ0n) is 10.5. The fraction of sp³-hybridized carbons (Fsp3) is 0.273. The topological polar surface area (TPSA) is 101 Å². The van der Waals surface area contributed by atoms with Gasteiger partial charge in [-0.15, -0.1) is 11.3 Å². The monoisotopic (exact) mass is 311 g/mol. The third kappa shape index (κ3) is 2.29. The molecule has 106 valence electrons. The van der Waals surface area contributed by atoms with Crippen LogP contribution in [-0.2, 0) is 23.0 Å². The lowest BCUT2D eigenvalue weighted by Gasteiger charge is -2.25. The van der Waals surface area contributed by atoms with Gasteiger partial charge in [-0.25, -0.2) is 24.2 Å². The SMILES string of the molecule is NNc1ncc(S(=O)(=O)N2CCc3sccc3C2)cn1. The molecule has 1 aliphatic heterocycles. The maximum atomic E-state index is 12.5. The molecule has 7 nitrogen and oxygen atoms in total. The molecule has 2 aromatic heterocycles. The first-order valence-corrected chi connectivity index (χ1v) is 8.27. The highest BCUT2D eigenvalue weighted by molar-refractivity contribution is 7.89. The summed E-state index contributed by atoms with van der Waals surface area (Å²) >= 11 is 1.67. The third-order valence-corrected chi connectivity index (χ3v) is 5.99. The Kier molecular flexibility index (Phi) is 3.42. The van der Waals surface area contributed by atoms with Crippen molar-refractivity contribution in [3.63, 3.8) is 0 Å². The van der Waals surface area contributed by atoms with Gasteiger partial charge in [-0.1, -0.05) is 0 Å². The molecule has 20 heavy (non-hydrogen) atoms. The number of hydrazine groups is 1. The van der Waals surface area contributed by atoms with E-state index in [0.717, 1.165) is 12.0 Å². The van der Waals surface area contributed by atoms with Gasteiger partial charge in [-0.05, 0) is 23.4 Å². The van der Waals surface area contributed by atoms with Crippen LogP contribution in [0.1, 0.15) is 10.4 Å². The van der Waals surface area contributed by atoms with Crippen molar-refractivity contribution in [3.8, 4) is 0 Å². The molecule has 9 heteroatoms. The number of sulfonamides is 1. The average molecular weight is 311 g/mol. The zero-order valence-corrected chi connectivity index (χ0v) is 12.1. The van der Waals surface area contributed by atoms with Crippen molar-refractivity contribution in [2.75, 3.05) is 12.0 Å². The molecule has 0 spiro atoms. The molecule has 0 unspecified atom stereocenters. The summed E-state index contributed by atoms with van der Waals surface area (Å²) in [5.74, 6) is 5.34. The van der Waals surface area contributed by atoms with Crippen LogP contribution in [0.4, 0.5) is 5.95 Å². The maximum absolute atomic E-state index is 12.5. The number of fused-ring (bicyclic) bond motifs is 1. The Hall–Kier alpha value is -1.55. The summed E-state index contributed by atoms with van der Waals surface area (Å²) in [4.78, 5) is 9.02. The van der Waals surface area contributed by atoms with E-state index in [9.17, 15) is 8.42 Å². The summed E-state index contributed by atoms with van der Waals surface area (Å²) in [6.07, 6.45) is 3.27. The second-order valence-electron chi connectivity index (χ2n) is 4.34. The van der Waals surface area contributed by atoms with Gasteiger partial charge in [0.05, 0.1) is 12.4 Å². The third-order valence-electron chi connectivity index (χ3n) is 3.17. The Labute approximate surface area is 120 Å². The summed E-state index contributed by atoms with van der Waals surface area (Å²) in [5, 5.41) is 1.99. The number of anilines is 1. The predicted octanol–water partition coefficient (Wildman–Crippen LogP) is 0.571. The fourth-order valence-electron chi connectivity index (χ4n) is 2.10. The number of hydrogen-bond donors (Lipinski definition) is 2. The van der Waals surface area contributed by atoms with Crippen LogP contribution in [0.3, 0.4) is 0 Å². The van der Waals surface area contributed by atoms with E-state index >= 15 is 0 Å². The number of nitrogens with two attached hydrogens (primary N) is 1. The van der Waals surface area contributed by atoms with E-state index in [0.29, 0.717) is 13.1 Å². The molecule has 3 N–H and O–H groups in total. The molecule has 0 amide bonds. The zero-order chi connectivity index (χ0) is 14.2. The van der Waals surface area contributed by atoms with Crippen molar-refractivity contribution in [2.24, 2.45) is 5.84 Å². The summed E-state index contributed by atoms with van der Waals surface area (Å²) in [6.45, 7) is 0.880. The molecule has 3 heterocycles. The number of nitrogens with zero attached hydrogens (tertiary/aromatic N) is 3. The second-order valence-corrected chi connectivity index (χ2v) is 7.28. The summed E-state index contributed by atoms with van der Waals surface area (Å²) in [7, 11) is -3.56. The van der Waals surface area contributed by atoms with Gasteiger partial charge in [0, 0.05) is 18.0 Å². The van der Waals surface area contributed by atoms with E-state index in [4.69, 9.17) is 5.84 Å². The van der Waals surface area contributed by atoms with E-state index in [1.165, 1.54) is 21.6 Å². The highest BCUT2D eigenvalue weighted by atomic mass is 32.2. The smallest absolute Gasteiger partial charge is 0.246 e. The van der Waals surface area contributed by atoms with Crippen molar-refractivity contribution >= 4 is 27.3 Å². The van der Waals surface area contributed by atoms with Gasteiger partial charge in [0.1, 0.15) is 4.90 Å². The molecule has 0 radical (unpaired) electrons. The van der Waals surface area contributed by atoms with Crippen LogP contribution >= 0.6 is 11.3 Å². The van der Waals surface area contributed by atoms with E-state index in [1.54, 1.807) is 11.3 Å². The Morgan fingerprint density at radius 2 is 2.10 bits per heavy atom. The van der Waals surface area contributed by atoms with E-state index in [2.05, 4.69) is 15.4 Å². The van der Waals surface area contributed by atoms with Crippen LogP contribution in [-0.4, -0.2) is 29.2 Å². The molecular weight excluding hydrogens is 298 g/mol. The molecule has 1 aliphatic rings. The lowest BCUT2D eigenvalue weighted by Crippen LogP contribution is -2.35. The van der Waals surface area contributed by atoms with Crippen LogP contribution < -0.4 is 11.3 Å². The molecule has 0 bridgehead atoms. The van der Waals surface area contributed by atoms with Gasteiger partial charge in [0.25, 0.3) is 0 Å². The van der Waals surface area contributed by atoms with Crippen LogP contribution in [0.25, 0.3) is 0 Å². The minimum atomic E-state index is -3.56. The van der Waals surface area contributed by atoms with E-state index in [1.807, 2.05) is 11.4 Å². The van der Waals surface area contributed by atoms with Gasteiger partial charge in [0.2, 0.25) is 16.0 Å². The largest absolute Gasteiger partial charge is 0.292 e. The summed E-state index contributed by atoms with van der Waals surface area (Å²) < 4.78 is 26.5. The van der Waals surface area contributed by atoms with Gasteiger partial charge in [-0.3, -0.25) is 5.43 Å². The maximum Gasteiger partial charge on any atom is 0.246 e. The molecule has 3 rings (SSSR count). The number of thiophene rings is 1. The van der Waals surface area contributed by atoms with Gasteiger partial charge in [-0.2, -0.15) is 4.31 Å². The molecule has 0 aromatic carbocycles. The molecule has 0 aliphatic carbocycles. The number of nitrogens with one attached hydrogen (secondary N) is 1. The quantitative estimate of drug-likeness (QED) is 0.635. The van der Waals surface area contributed by atoms with Crippen molar-refractivity contribution in [1.29, 1.82) is 0 Å². The van der Waals surface area contributed by atoms with Crippen LogP contribution in [0.5, 0.6) is 0 Å². The van der Waals surface area contributed by atoms with E-state index < -0.39 is 10.0 Å². The minimum Gasteiger partial charge on any atom is -0.292 e. The highest BCUT2D eigenvalue weighted by Gasteiger charge is 2.29. The average Bonchev–Trinajstić information content (AvgIpc) is 2.94. The first-order chi connectivity index (χ1) is 9.61. The molecule has 2 aromatic rings. The van der Waals surface area contributed by atoms with Crippen molar-refractivity contribution in [2.45, 2.75) is 17.9 Å². The lowest BCUT2D eigenvalue weighted by molar-refractivity contribution is 0.394. The number of hydrogen-bond acceptors (Lipinski definition) is 7. The normalized spacial score (nSPS) is 15.8. The van der Waals surface area contributed by atoms with Gasteiger partial charge in [0.15, 0.2) is 0 Å². The highest BCUT2D eigenvalue weighted by Crippen LogP contribution is 2.27. The Morgan fingerprint density at radius 1 is 1.35 bits per heavy atom. The Bertz CT molecular complexity index is 711. The fourth-order valence-corrected chi connectivity index (χ4v) is 4.30. The lowest BCUT2D eigenvalue weighted by atomic mass is 10.1. The molecule has 0 saturated heterocycles. The molecule has 0 atom stereocenters. The van der Waals surface area contributed by atoms with Crippen LogP contribution in [0.2, 0.25) is 0 Å². The second kappa shape index (κ2) is 5.09. The molecule has 0 saturated carbocycles. The number of aromatic nitrogens is 2. The first kappa shape index (κ1) is 13.4. The van der Waals surface area contributed by atoms with Gasteiger partial charge < -0.3 is 0 Å². The summed E-state index contributed by atoms with van der Waals surface area (Å²) in [6, 6.07) is 1.97. The standard InChI is InChI=1S/C11H13N5O2S2/c12-15-11-13-5-9(6-14-11)20(17,18)16-3-1-10-8(7-16)2-4-19-10/h2,4-6H,1,3,7,12H2,(H,13,14,15). The first-order valence-electron chi connectivity index (χ1n) is 5.95. The van der Waals surface area contributed by atoms with Gasteiger partial charge >= 0.3 is 0 Å². The minimum absolute atomic E-state index is 0.0789. The predicted molar refractivity (Wildman–Crippen MR) is 75.5 cm³/mol. The Morgan fingerprint density at radius 3 is 2.80 bits per heavy atom.